The van der Waals surface area contributed by atoms with Crippen LogP contribution in [0, 0.1) is 0 Å². The Morgan fingerprint density at radius 3 is 2.50 bits per heavy atom. The van der Waals surface area contributed by atoms with Crippen molar-refractivity contribution in [2.75, 3.05) is 18.1 Å². The highest BCUT2D eigenvalue weighted by molar-refractivity contribution is 6.38. The van der Waals surface area contributed by atoms with Gasteiger partial charge in [0.1, 0.15) is 12.4 Å². The Hall–Kier alpha value is -2.04. The predicted molar refractivity (Wildman–Crippen MR) is 65.5 cm³/mol. The van der Waals surface area contributed by atoms with E-state index in [0.717, 1.165) is 5.75 Å². The lowest BCUT2D eigenvalue weighted by Crippen LogP contribution is -2.45. The Balaban J connectivity index is 2.13. The van der Waals surface area contributed by atoms with Gasteiger partial charge in [0.05, 0.1) is 12.6 Å². The van der Waals surface area contributed by atoms with E-state index in [9.17, 15) is 9.59 Å². The second kappa shape index (κ2) is 5.08. The van der Waals surface area contributed by atoms with E-state index < -0.39 is 11.9 Å². The number of amides is 1. The lowest BCUT2D eigenvalue weighted by atomic mass is 10.2. The topological polar surface area (TPSA) is 55.8 Å². The van der Waals surface area contributed by atoms with E-state index in [-0.39, 0.29) is 12.7 Å². The van der Waals surface area contributed by atoms with Gasteiger partial charge in [-0.25, -0.2) is 4.79 Å². The van der Waals surface area contributed by atoms with Gasteiger partial charge in [-0.05, 0) is 38.1 Å². The van der Waals surface area contributed by atoms with Gasteiger partial charge >= 0.3 is 11.9 Å². The summed E-state index contributed by atoms with van der Waals surface area (Å²) in [5.41, 5.74) is 0.674. The van der Waals surface area contributed by atoms with Gasteiger partial charge in [-0.15, -0.1) is 0 Å². The zero-order valence-electron chi connectivity index (χ0n) is 10.4. The van der Waals surface area contributed by atoms with E-state index in [1.165, 1.54) is 4.90 Å². The maximum Gasteiger partial charge on any atom is 0.397 e. The lowest BCUT2D eigenvalue weighted by molar-refractivity contribution is -0.156. The number of nitrogens with zero attached hydrogens (tertiary/aromatic N) is 1. The molecule has 0 aromatic heterocycles. The number of morpholine rings is 1. The number of benzene rings is 1. The Morgan fingerprint density at radius 2 is 1.89 bits per heavy atom. The quantitative estimate of drug-likeness (QED) is 0.599. The first-order valence-corrected chi connectivity index (χ1v) is 5.83. The molecule has 1 aliphatic rings. The van der Waals surface area contributed by atoms with Crippen LogP contribution >= 0.6 is 0 Å². The second-order valence-corrected chi connectivity index (χ2v) is 4.25. The molecule has 0 aliphatic carbocycles. The molecule has 5 nitrogen and oxygen atoms in total. The number of cyclic esters (lactones) is 1. The molecule has 18 heavy (non-hydrogen) atoms. The molecule has 1 amide bonds. The van der Waals surface area contributed by atoms with Gasteiger partial charge in [0.25, 0.3) is 0 Å². The maximum atomic E-state index is 11.6. The molecular formula is C13H15NO4. The van der Waals surface area contributed by atoms with Crippen molar-refractivity contribution in [1.29, 1.82) is 0 Å². The van der Waals surface area contributed by atoms with Crippen molar-refractivity contribution < 1.29 is 19.1 Å². The Kier molecular flexibility index (Phi) is 3.50. The summed E-state index contributed by atoms with van der Waals surface area (Å²) in [6, 6.07) is 7.08. The summed E-state index contributed by atoms with van der Waals surface area (Å²) in [7, 11) is 0. The van der Waals surface area contributed by atoms with Crippen LogP contribution in [0.1, 0.15) is 13.8 Å². The number of hydrogen-bond donors (Lipinski definition) is 0. The van der Waals surface area contributed by atoms with Gasteiger partial charge in [-0.3, -0.25) is 9.69 Å². The summed E-state index contributed by atoms with van der Waals surface area (Å²) >= 11 is 0. The molecule has 0 spiro atoms. The standard InChI is InChI=1S/C13H15NO4/c1-9(2)18-11-5-3-10(4-6-11)14-7-8-17-13(16)12(14)15/h3-6,9H,7-8H2,1-2H3. The van der Waals surface area contributed by atoms with Crippen molar-refractivity contribution in [2.45, 2.75) is 20.0 Å². The first-order valence-electron chi connectivity index (χ1n) is 5.83. The first kappa shape index (κ1) is 12.4. The summed E-state index contributed by atoms with van der Waals surface area (Å²) in [5, 5.41) is 0. The summed E-state index contributed by atoms with van der Waals surface area (Å²) < 4.78 is 10.2. The SMILES string of the molecule is CC(C)Oc1ccc(N2CCOC(=O)C2=O)cc1. The van der Waals surface area contributed by atoms with E-state index in [1.807, 2.05) is 13.8 Å². The van der Waals surface area contributed by atoms with Crippen molar-refractivity contribution in [3.8, 4) is 5.75 Å². The van der Waals surface area contributed by atoms with E-state index >= 15 is 0 Å². The molecule has 96 valence electrons. The summed E-state index contributed by atoms with van der Waals surface area (Å²) in [4.78, 5) is 24.2. The van der Waals surface area contributed by atoms with Crippen molar-refractivity contribution in [1.82, 2.24) is 0 Å². The predicted octanol–water partition coefficient (Wildman–Crippen LogP) is 1.36. The van der Waals surface area contributed by atoms with E-state index in [1.54, 1.807) is 24.3 Å². The Labute approximate surface area is 105 Å². The normalized spacial score (nSPS) is 15.8. The third-order valence-corrected chi connectivity index (χ3v) is 2.49. The molecule has 0 saturated carbocycles. The molecule has 1 saturated heterocycles. The average Bonchev–Trinajstić information content (AvgIpc) is 2.33. The molecule has 1 aromatic carbocycles. The first-order chi connectivity index (χ1) is 8.58. The molecule has 1 aliphatic heterocycles. The van der Waals surface area contributed by atoms with Crippen LogP contribution in [0.25, 0.3) is 0 Å². The number of rotatable bonds is 3. The van der Waals surface area contributed by atoms with Crippen molar-refractivity contribution in [3.63, 3.8) is 0 Å². The third kappa shape index (κ3) is 2.61. The molecule has 1 aromatic rings. The van der Waals surface area contributed by atoms with Crippen LogP contribution in [0.2, 0.25) is 0 Å². The van der Waals surface area contributed by atoms with Gasteiger partial charge in [0.15, 0.2) is 0 Å². The number of carbonyl (C=O) groups is 2. The molecule has 0 bridgehead atoms. The number of anilines is 1. The number of carbonyl (C=O) groups excluding carboxylic acids is 2. The lowest BCUT2D eigenvalue weighted by Gasteiger charge is -2.25. The van der Waals surface area contributed by atoms with E-state index in [2.05, 4.69) is 4.74 Å². The molecular weight excluding hydrogens is 234 g/mol. The molecule has 1 fully saturated rings. The molecule has 5 heteroatoms. The summed E-state index contributed by atoms with van der Waals surface area (Å²) in [6.45, 7) is 4.50. The average molecular weight is 249 g/mol. The summed E-state index contributed by atoms with van der Waals surface area (Å²) in [5.74, 6) is -0.691. The monoisotopic (exact) mass is 249 g/mol. The fourth-order valence-electron chi connectivity index (χ4n) is 1.73. The minimum Gasteiger partial charge on any atom is -0.491 e. The molecule has 0 unspecified atom stereocenters. The fourth-order valence-corrected chi connectivity index (χ4v) is 1.73. The highest BCUT2D eigenvalue weighted by Gasteiger charge is 2.29. The van der Waals surface area contributed by atoms with Crippen LogP contribution in [0.3, 0.4) is 0 Å². The zero-order valence-corrected chi connectivity index (χ0v) is 10.4. The van der Waals surface area contributed by atoms with Crippen molar-refractivity contribution in [3.05, 3.63) is 24.3 Å². The van der Waals surface area contributed by atoms with Gasteiger partial charge in [0, 0.05) is 5.69 Å². The summed E-state index contributed by atoms with van der Waals surface area (Å²) in [6.07, 6.45) is 0.0995. The van der Waals surface area contributed by atoms with Crippen molar-refractivity contribution >= 4 is 17.6 Å². The number of hydrogen-bond acceptors (Lipinski definition) is 4. The van der Waals surface area contributed by atoms with Crippen LogP contribution in [0.5, 0.6) is 5.75 Å². The largest absolute Gasteiger partial charge is 0.491 e. The minimum atomic E-state index is -0.802. The highest BCUT2D eigenvalue weighted by atomic mass is 16.5. The van der Waals surface area contributed by atoms with Crippen LogP contribution in [-0.4, -0.2) is 31.1 Å². The smallest absolute Gasteiger partial charge is 0.397 e. The molecule has 1 heterocycles. The van der Waals surface area contributed by atoms with Crippen LogP contribution in [0.4, 0.5) is 5.69 Å². The molecule has 2 rings (SSSR count). The highest BCUT2D eigenvalue weighted by Crippen LogP contribution is 2.21. The number of esters is 1. The molecule has 0 atom stereocenters. The number of ether oxygens (including phenoxy) is 2. The fraction of sp³-hybridized carbons (Fsp3) is 0.385. The zero-order chi connectivity index (χ0) is 13.1. The van der Waals surface area contributed by atoms with Gasteiger partial charge in [-0.2, -0.15) is 0 Å². The van der Waals surface area contributed by atoms with E-state index in [0.29, 0.717) is 12.2 Å². The van der Waals surface area contributed by atoms with Crippen LogP contribution < -0.4 is 9.64 Å². The van der Waals surface area contributed by atoms with Gasteiger partial charge in [-0.1, -0.05) is 0 Å². The maximum absolute atomic E-state index is 11.6. The van der Waals surface area contributed by atoms with Gasteiger partial charge in [0.2, 0.25) is 0 Å². The Morgan fingerprint density at radius 1 is 1.22 bits per heavy atom. The second-order valence-electron chi connectivity index (χ2n) is 4.25. The third-order valence-electron chi connectivity index (χ3n) is 2.49. The van der Waals surface area contributed by atoms with Gasteiger partial charge < -0.3 is 9.47 Å². The molecule has 0 radical (unpaired) electrons. The molecule has 0 N–H and O–H groups in total. The van der Waals surface area contributed by atoms with E-state index in [4.69, 9.17) is 4.74 Å². The van der Waals surface area contributed by atoms with Crippen LogP contribution in [0.15, 0.2) is 24.3 Å². The van der Waals surface area contributed by atoms with Crippen molar-refractivity contribution in [2.24, 2.45) is 0 Å². The Bertz CT molecular complexity index is 453. The van der Waals surface area contributed by atoms with Crippen LogP contribution in [-0.2, 0) is 14.3 Å². The minimum absolute atomic E-state index is 0.0995.